The van der Waals surface area contributed by atoms with Gasteiger partial charge in [0.25, 0.3) is 0 Å². The van der Waals surface area contributed by atoms with E-state index in [2.05, 4.69) is 121 Å². The van der Waals surface area contributed by atoms with Crippen LogP contribution >= 0.6 is 22.7 Å². The van der Waals surface area contributed by atoms with Gasteiger partial charge in [-0.1, -0.05) is 72.7 Å². The maximum atomic E-state index is 12.7. The SMILES string of the molecule is C=C=C=C=C=C=C.C=C=C=C=C=C=C=C.CCCCC(=O)c1sc2nc(-c3cccs3)cc(-c3ccccc3)c2c1N. The van der Waals surface area contributed by atoms with Crippen LogP contribution in [0.3, 0.4) is 0 Å². The molecule has 0 aliphatic carbocycles. The van der Waals surface area contributed by atoms with Gasteiger partial charge in [-0.3, -0.25) is 4.79 Å². The Hall–Kier alpha value is -5.44. The number of unbranched alkanes of at least 4 members (excludes halogenated alkanes) is 1. The first-order valence-electron chi connectivity index (χ1n) is 12.7. The largest absolute Gasteiger partial charge is 0.397 e. The summed E-state index contributed by atoms with van der Waals surface area (Å²) in [6.07, 6.45) is 2.41. The van der Waals surface area contributed by atoms with Crippen LogP contribution in [0.15, 0.2) is 143 Å². The predicted molar refractivity (Wildman–Crippen MR) is 178 cm³/mol. The molecule has 4 rings (SSSR count). The summed E-state index contributed by atoms with van der Waals surface area (Å²) in [6.45, 7) is 15.1. The highest BCUT2D eigenvalue weighted by Gasteiger charge is 2.21. The summed E-state index contributed by atoms with van der Waals surface area (Å²) < 4.78 is 0. The molecule has 2 N–H and O–H groups in total. The predicted octanol–water partition coefficient (Wildman–Crippen LogP) is 9.96. The lowest BCUT2D eigenvalue weighted by Crippen LogP contribution is -2.00. The number of anilines is 1. The summed E-state index contributed by atoms with van der Waals surface area (Å²) >= 11 is 3.08. The minimum Gasteiger partial charge on any atom is -0.397 e. The second kappa shape index (κ2) is 18.8. The minimum absolute atomic E-state index is 0.119. The van der Waals surface area contributed by atoms with Gasteiger partial charge >= 0.3 is 0 Å². The van der Waals surface area contributed by atoms with Crippen molar-refractivity contribution in [3.63, 3.8) is 0 Å². The van der Waals surface area contributed by atoms with E-state index in [0.717, 1.165) is 44.8 Å². The highest BCUT2D eigenvalue weighted by atomic mass is 32.1. The molecule has 0 fully saturated rings. The number of pyridine rings is 1. The first-order chi connectivity index (χ1) is 20.5. The monoisotopic (exact) mass is 580 g/mol. The van der Waals surface area contributed by atoms with E-state index in [0.29, 0.717) is 17.0 Å². The zero-order valence-corrected chi connectivity index (χ0v) is 25.0. The van der Waals surface area contributed by atoms with Crippen LogP contribution in [0.2, 0.25) is 0 Å². The van der Waals surface area contributed by atoms with E-state index in [1.54, 1.807) is 11.3 Å². The van der Waals surface area contributed by atoms with E-state index in [4.69, 9.17) is 10.7 Å². The van der Waals surface area contributed by atoms with Crippen molar-refractivity contribution in [3.05, 3.63) is 148 Å². The Bertz CT molecular complexity index is 1890. The Morgan fingerprint density at radius 3 is 1.98 bits per heavy atom. The molecule has 0 spiro atoms. The van der Waals surface area contributed by atoms with Gasteiger partial charge in [-0.25, -0.2) is 4.98 Å². The van der Waals surface area contributed by atoms with E-state index < -0.39 is 0 Å². The first-order valence-corrected chi connectivity index (χ1v) is 14.4. The number of hydrogen-bond donors (Lipinski definition) is 1. The molecular formula is C37H28N2OS2. The third kappa shape index (κ3) is 9.95. The summed E-state index contributed by atoms with van der Waals surface area (Å²) in [5, 5.41) is 2.94. The van der Waals surface area contributed by atoms with Crippen molar-refractivity contribution in [1.29, 1.82) is 0 Å². The van der Waals surface area contributed by atoms with Crippen molar-refractivity contribution in [3.8, 4) is 21.7 Å². The molecule has 3 aromatic heterocycles. The average Bonchev–Trinajstić information content (AvgIpc) is 3.68. The molecule has 5 heteroatoms. The van der Waals surface area contributed by atoms with Gasteiger partial charge in [-0.2, -0.15) is 0 Å². The number of nitrogens with two attached hydrogens (primary N) is 1. The van der Waals surface area contributed by atoms with Crippen LogP contribution in [0.25, 0.3) is 31.9 Å². The number of aromatic nitrogens is 1. The fraction of sp³-hybridized carbons (Fsp3) is 0.108. The number of carbonyl (C=O) groups excluding carboxylic acids is 1. The second-order valence-corrected chi connectivity index (χ2v) is 9.98. The average molecular weight is 581 g/mol. The molecule has 0 unspecified atom stereocenters. The van der Waals surface area contributed by atoms with Gasteiger partial charge in [0.15, 0.2) is 5.78 Å². The Morgan fingerprint density at radius 1 is 0.857 bits per heavy atom. The molecule has 42 heavy (non-hydrogen) atoms. The van der Waals surface area contributed by atoms with Gasteiger partial charge in [0.2, 0.25) is 0 Å². The number of Topliss-reactive ketones (excluding diaryl/α,β-unsaturated/α-hetero) is 1. The van der Waals surface area contributed by atoms with Crippen molar-refractivity contribution in [1.82, 2.24) is 4.98 Å². The van der Waals surface area contributed by atoms with Crippen LogP contribution < -0.4 is 5.73 Å². The van der Waals surface area contributed by atoms with E-state index in [-0.39, 0.29) is 5.78 Å². The number of carbonyl (C=O) groups is 1. The summed E-state index contributed by atoms with van der Waals surface area (Å²) in [5.41, 5.74) is 36.6. The van der Waals surface area contributed by atoms with E-state index >= 15 is 0 Å². The van der Waals surface area contributed by atoms with Crippen LogP contribution in [0.4, 0.5) is 5.69 Å². The number of rotatable bonds is 6. The fourth-order valence-corrected chi connectivity index (χ4v) is 5.22. The van der Waals surface area contributed by atoms with Crippen molar-refractivity contribution in [2.75, 3.05) is 5.73 Å². The zero-order chi connectivity index (χ0) is 30.6. The number of benzene rings is 1. The van der Waals surface area contributed by atoms with Gasteiger partial charge < -0.3 is 5.73 Å². The molecule has 0 bridgehead atoms. The van der Waals surface area contributed by atoms with Gasteiger partial charge in [-0.15, -0.1) is 22.7 Å². The number of ketones is 1. The summed E-state index contributed by atoms with van der Waals surface area (Å²) in [6, 6.07) is 16.4. The van der Waals surface area contributed by atoms with E-state index in [1.807, 2.05) is 29.6 Å². The van der Waals surface area contributed by atoms with Crippen LogP contribution in [0.1, 0.15) is 35.9 Å². The third-order valence-electron chi connectivity index (χ3n) is 5.23. The minimum atomic E-state index is 0.119. The Kier molecular flexibility index (Phi) is 14.7. The van der Waals surface area contributed by atoms with Crippen LogP contribution in [-0.2, 0) is 0 Å². The lowest BCUT2D eigenvalue weighted by Gasteiger charge is -2.08. The van der Waals surface area contributed by atoms with Crippen molar-refractivity contribution in [2.24, 2.45) is 0 Å². The molecule has 0 saturated heterocycles. The molecular weight excluding hydrogens is 553 g/mol. The van der Waals surface area contributed by atoms with Crippen LogP contribution in [0, 0.1) is 0 Å². The Balaban J connectivity index is 0.000000341. The van der Waals surface area contributed by atoms with Crippen LogP contribution in [0.5, 0.6) is 0 Å². The lowest BCUT2D eigenvalue weighted by atomic mass is 10.0. The fourth-order valence-electron chi connectivity index (χ4n) is 3.45. The third-order valence-corrected chi connectivity index (χ3v) is 7.27. The maximum Gasteiger partial charge on any atom is 0.174 e. The number of thiophene rings is 2. The Labute approximate surface area is 255 Å². The summed E-state index contributed by atoms with van der Waals surface area (Å²) in [7, 11) is 0. The van der Waals surface area contributed by atoms with Crippen LogP contribution in [-0.4, -0.2) is 10.8 Å². The van der Waals surface area contributed by atoms with Gasteiger partial charge in [-0.05, 0) is 101 Å². The van der Waals surface area contributed by atoms with Gasteiger partial charge in [0.05, 0.1) is 21.1 Å². The summed E-state index contributed by atoms with van der Waals surface area (Å²) in [4.78, 5) is 20.1. The van der Waals surface area contributed by atoms with Crippen molar-refractivity contribution < 1.29 is 4.79 Å². The molecule has 3 heterocycles. The highest BCUT2D eigenvalue weighted by Crippen LogP contribution is 2.42. The number of nitrogens with zero attached hydrogens (tertiary/aromatic N) is 1. The quantitative estimate of drug-likeness (QED) is 0.182. The van der Waals surface area contributed by atoms with Gasteiger partial charge in [0, 0.05) is 11.8 Å². The molecule has 0 atom stereocenters. The number of hydrogen-bond acceptors (Lipinski definition) is 5. The molecule has 3 nitrogen and oxygen atoms in total. The lowest BCUT2D eigenvalue weighted by molar-refractivity contribution is 0.0984. The molecule has 204 valence electrons. The number of nitrogen functional groups attached to an aromatic ring is 1. The highest BCUT2D eigenvalue weighted by molar-refractivity contribution is 7.21. The molecule has 0 amide bonds. The second-order valence-electron chi connectivity index (χ2n) is 8.03. The van der Waals surface area contributed by atoms with E-state index in [9.17, 15) is 4.79 Å². The molecule has 0 aliphatic heterocycles. The maximum absolute atomic E-state index is 12.7. The normalized spacial score (nSPS) is 8.40. The van der Waals surface area contributed by atoms with Gasteiger partial charge in [0.1, 0.15) is 4.83 Å². The number of fused-ring (bicyclic) bond motifs is 1. The molecule has 0 radical (unpaired) electrons. The molecule has 0 aliphatic rings. The standard InChI is InChI=1S/C22H20N2OS2.C8H4.C7H4/c1-2-3-10-17(25)21-20(23)19-15(14-8-5-4-6-9-14)13-16(24-22(19)27-21)18-11-7-12-26-18;1-3-5-7-8-6-4-2;1-3-5-7-6-4-2/h4-9,11-13H,2-3,10,23H2,1H3;1-2H2;1-2H2. The van der Waals surface area contributed by atoms with E-state index in [1.165, 1.54) is 11.3 Å². The Morgan fingerprint density at radius 2 is 1.45 bits per heavy atom. The first kappa shape index (κ1) is 32.8. The van der Waals surface area contributed by atoms with Crippen molar-refractivity contribution in [2.45, 2.75) is 26.2 Å². The molecule has 0 saturated carbocycles. The smallest absolute Gasteiger partial charge is 0.174 e. The molecule has 1 aromatic carbocycles. The summed E-state index contributed by atoms with van der Waals surface area (Å²) in [5.74, 6) is 0.119. The molecule has 4 aromatic rings. The topological polar surface area (TPSA) is 56.0 Å². The zero-order valence-electron chi connectivity index (χ0n) is 23.4. The van der Waals surface area contributed by atoms with Crippen molar-refractivity contribution >= 4 is 44.4 Å².